The molecule has 1 aliphatic heterocycles. The van der Waals surface area contributed by atoms with Crippen molar-refractivity contribution < 1.29 is 9.53 Å². The zero-order valence-corrected chi connectivity index (χ0v) is 13.6. The monoisotopic (exact) mass is 347 g/mol. The van der Waals surface area contributed by atoms with E-state index in [2.05, 4.69) is 0 Å². The number of hydrogen-bond acceptors (Lipinski definition) is 2. The molecule has 0 aliphatic carbocycles. The van der Waals surface area contributed by atoms with E-state index in [-0.39, 0.29) is 6.04 Å². The molecule has 6 heteroatoms. The first kappa shape index (κ1) is 16.5. The zero-order chi connectivity index (χ0) is 15.3. The van der Waals surface area contributed by atoms with Gasteiger partial charge in [0.25, 0.3) is 9.70 Å². The van der Waals surface area contributed by atoms with Crippen molar-refractivity contribution in [3.63, 3.8) is 0 Å². The Labute approximate surface area is 139 Å². The van der Waals surface area contributed by atoms with Crippen molar-refractivity contribution >= 4 is 40.7 Å². The van der Waals surface area contributed by atoms with Crippen molar-refractivity contribution in [2.45, 2.75) is 29.3 Å². The molecule has 0 unspecified atom stereocenters. The van der Waals surface area contributed by atoms with E-state index >= 15 is 0 Å². The predicted molar refractivity (Wildman–Crippen MR) is 85.4 cm³/mol. The van der Waals surface area contributed by atoms with E-state index in [0.717, 1.165) is 18.4 Å². The lowest BCUT2D eigenvalue weighted by Gasteiger charge is -2.25. The molecule has 0 bridgehead atoms. The molecule has 1 aromatic rings. The SMILES string of the molecule is O=C(N1CCC[C@H]1/C=C\OCc1ccccc1)C(Cl)(Cl)Cl. The van der Waals surface area contributed by atoms with Crippen LogP contribution in [0.2, 0.25) is 0 Å². The van der Waals surface area contributed by atoms with Crippen LogP contribution in [0.5, 0.6) is 0 Å². The molecule has 1 atom stereocenters. The summed E-state index contributed by atoms with van der Waals surface area (Å²) in [6.45, 7) is 1.09. The number of rotatable bonds is 4. The van der Waals surface area contributed by atoms with Gasteiger partial charge in [0, 0.05) is 6.54 Å². The van der Waals surface area contributed by atoms with Gasteiger partial charge in [-0.2, -0.15) is 0 Å². The summed E-state index contributed by atoms with van der Waals surface area (Å²) in [4.78, 5) is 13.6. The molecule has 0 radical (unpaired) electrons. The van der Waals surface area contributed by atoms with Gasteiger partial charge in [-0.15, -0.1) is 0 Å². The van der Waals surface area contributed by atoms with Crippen LogP contribution in [0.25, 0.3) is 0 Å². The fraction of sp³-hybridized carbons (Fsp3) is 0.400. The summed E-state index contributed by atoms with van der Waals surface area (Å²) < 4.78 is 3.58. The smallest absolute Gasteiger partial charge is 0.275 e. The lowest BCUT2D eigenvalue weighted by molar-refractivity contribution is -0.130. The third-order valence-electron chi connectivity index (χ3n) is 3.29. The minimum atomic E-state index is -1.90. The first-order chi connectivity index (χ1) is 9.98. The summed E-state index contributed by atoms with van der Waals surface area (Å²) in [5.74, 6) is -0.484. The van der Waals surface area contributed by atoms with E-state index in [4.69, 9.17) is 39.5 Å². The molecule has 1 fully saturated rings. The average Bonchev–Trinajstić information content (AvgIpc) is 2.91. The predicted octanol–water partition coefficient (Wildman–Crippen LogP) is 4.08. The topological polar surface area (TPSA) is 29.5 Å². The van der Waals surface area contributed by atoms with Crippen molar-refractivity contribution in [2.75, 3.05) is 6.54 Å². The molecular weight excluding hydrogens is 333 g/mol. The maximum Gasteiger partial charge on any atom is 0.275 e. The molecule has 0 spiro atoms. The van der Waals surface area contributed by atoms with E-state index in [1.54, 1.807) is 11.2 Å². The molecule has 114 valence electrons. The van der Waals surface area contributed by atoms with Crippen LogP contribution >= 0.6 is 34.8 Å². The standard InChI is InChI=1S/C15H16Cl3NO2/c16-15(17,18)14(20)19-9-4-7-13(19)8-10-21-11-12-5-2-1-3-6-12/h1-3,5-6,8,10,13H,4,7,9,11H2/b10-8-/t13-/m0/s1. The van der Waals surface area contributed by atoms with Crippen molar-refractivity contribution in [3.8, 4) is 0 Å². The molecule has 21 heavy (non-hydrogen) atoms. The van der Waals surface area contributed by atoms with Crippen LogP contribution in [0, 0.1) is 0 Å². The Morgan fingerprint density at radius 1 is 1.33 bits per heavy atom. The number of amides is 1. The summed E-state index contributed by atoms with van der Waals surface area (Å²) >= 11 is 17.0. The molecule has 1 aromatic carbocycles. The van der Waals surface area contributed by atoms with Crippen LogP contribution in [0.3, 0.4) is 0 Å². The third-order valence-corrected chi connectivity index (χ3v) is 3.78. The highest BCUT2D eigenvalue weighted by molar-refractivity contribution is 6.76. The zero-order valence-electron chi connectivity index (χ0n) is 11.3. The number of carbonyl (C=O) groups is 1. The third kappa shape index (κ3) is 4.80. The van der Waals surface area contributed by atoms with Gasteiger partial charge in [-0.1, -0.05) is 65.1 Å². The number of benzene rings is 1. The van der Waals surface area contributed by atoms with Crippen molar-refractivity contribution in [1.29, 1.82) is 0 Å². The van der Waals surface area contributed by atoms with E-state index in [0.29, 0.717) is 13.2 Å². The highest BCUT2D eigenvalue weighted by Gasteiger charge is 2.39. The van der Waals surface area contributed by atoms with E-state index < -0.39 is 9.70 Å². The summed E-state index contributed by atoms with van der Waals surface area (Å²) in [5, 5.41) is 0. The quantitative estimate of drug-likeness (QED) is 0.606. The normalized spacial score (nSPS) is 19.2. The number of nitrogens with zero attached hydrogens (tertiary/aromatic N) is 1. The molecule has 0 N–H and O–H groups in total. The highest BCUT2D eigenvalue weighted by atomic mass is 35.6. The maximum absolute atomic E-state index is 12.0. The Hall–Kier alpha value is -0.900. The molecule has 2 rings (SSSR count). The van der Waals surface area contributed by atoms with Gasteiger partial charge in [0.2, 0.25) is 0 Å². The van der Waals surface area contributed by atoms with E-state index in [1.165, 1.54) is 0 Å². The van der Waals surface area contributed by atoms with E-state index in [9.17, 15) is 4.79 Å². The first-order valence-electron chi connectivity index (χ1n) is 6.68. The van der Waals surface area contributed by atoms with Gasteiger partial charge >= 0.3 is 0 Å². The second-order valence-corrected chi connectivity index (χ2v) is 7.11. The maximum atomic E-state index is 12.0. The van der Waals surface area contributed by atoms with Crippen LogP contribution in [0.1, 0.15) is 18.4 Å². The first-order valence-corrected chi connectivity index (χ1v) is 7.82. The van der Waals surface area contributed by atoms with Crippen LogP contribution < -0.4 is 0 Å². The number of ether oxygens (including phenoxy) is 1. The molecule has 1 saturated heterocycles. The molecule has 3 nitrogen and oxygen atoms in total. The van der Waals surface area contributed by atoms with Crippen LogP contribution in [0.15, 0.2) is 42.7 Å². The molecule has 1 aliphatic rings. The minimum absolute atomic E-state index is 0.0797. The van der Waals surface area contributed by atoms with Gasteiger partial charge in [-0.25, -0.2) is 0 Å². The van der Waals surface area contributed by atoms with E-state index in [1.807, 2.05) is 36.4 Å². The molecule has 0 saturated carbocycles. The lowest BCUT2D eigenvalue weighted by atomic mass is 10.2. The second kappa shape index (κ2) is 7.39. The summed E-state index contributed by atoms with van der Waals surface area (Å²) in [6.07, 6.45) is 5.18. The van der Waals surface area contributed by atoms with Gasteiger partial charge in [0.1, 0.15) is 6.61 Å². The van der Waals surface area contributed by atoms with Gasteiger partial charge in [-0.3, -0.25) is 4.79 Å². The molecule has 1 heterocycles. The summed E-state index contributed by atoms with van der Waals surface area (Å²) in [5.41, 5.74) is 1.09. The van der Waals surface area contributed by atoms with Gasteiger partial charge in [0.15, 0.2) is 0 Å². The fourth-order valence-corrected chi connectivity index (χ4v) is 2.60. The number of carbonyl (C=O) groups excluding carboxylic acids is 1. The van der Waals surface area contributed by atoms with Crippen molar-refractivity contribution in [2.24, 2.45) is 0 Å². The Kier molecular flexibility index (Phi) is 5.80. The Bertz CT molecular complexity index is 499. The summed E-state index contributed by atoms with van der Waals surface area (Å²) in [7, 11) is 0. The minimum Gasteiger partial charge on any atom is -0.497 e. The van der Waals surface area contributed by atoms with Crippen LogP contribution in [-0.2, 0) is 16.1 Å². The van der Waals surface area contributed by atoms with Crippen LogP contribution in [-0.4, -0.2) is 27.2 Å². The number of likely N-dealkylation sites (tertiary alicyclic amines) is 1. The van der Waals surface area contributed by atoms with Gasteiger partial charge in [-0.05, 0) is 24.5 Å². The second-order valence-electron chi connectivity index (χ2n) is 4.83. The van der Waals surface area contributed by atoms with Crippen LogP contribution in [0.4, 0.5) is 0 Å². The van der Waals surface area contributed by atoms with Crippen molar-refractivity contribution in [1.82, 2.24) is 4.90 Å². The average molecular weight is 349 g/mol. The van der Waals surface area contributed by atoms with Crippen molar-refractivity contribution in [3.05, 3.63) is 48.2 Å². The lowest BCUT2D eigenvalue weighted by Crippen LogP contribution is -2.41. The Morgan fingerprint density at radius 2 is 2.05 bits per heavy atom. The fourth-order valence-electron chi connectivity index (χ4n) is 2.27. The number of alkyl halides is 3. The molecular formula is C15H16Cl3NO2. The van der Waals surface area contributed by atoms with Gasteiger partial charge < -0.3 is 9.64 Å². The Morgan fingerprint density at radius 3 is 2.71 bits per heavy atom. The summed E-state index contributed by atoms with van der Waals surface area (Å²) in [6, 6.07) is 9.77. The molecule has 1 amide bonds. The number of halogens is 3. The number of hydrogen-bond donors (Lipinski definition) is 0. The Balaban J connectivity index is 1.86. The van der Waals surface area contributed by atoms with Gasteiger partial charge in [0.05, 0.1) is 12.3 Å². The largest absolute Gasteiger partial charge is 0.497 e. The molecule has 0 aromatic heterocycles. The highest BCUT2D eigenvalue weighted by Crippen LogP contribution is 2.32.